The lowest BCUT2D eigenvalue weighted by molar-refractivity contribution is -0.150. The first kappa shape index (κ1) is 16.4. The SMILES string of the molecule is CCOC(=O)C(C)(CCCN(C)C(C)C)NC. The maximum absolute atomic E-state index is 11.8. The lowest BCUT2D eigenvalue weighted by atomic mass is 9.96. The van der Waals surface area contributed by atoms with Crippen molar-refractivity contribution in [1.29, 1.82) is 0 Å². The van der Waals surface area contributed by atoms with Crippen LogP contribution in [0.15, 0.2) is 0 Å². The van der Waals surface area contributed by atoms with Gasteiger partial charge in [-0.05, 0) is 61.2 Å². The lowest BCUT2D eigenvalue weighted by Gasteiger charge is -2.28. The summed E-state index contributed by atoms with van der Waals surface area (Å²) < 4.78 is 5.09. The van der Waals surface area contributed by atoms with Crippen molar-refractivity contribution < 1.29 is 9.53 Å². The van der Waals surface area contributed by atoms with Crippen LogP contribution < -0.4 is 5.32 Å². The van der Waals surface area contributed by atoms with Crippen LogP contribution in [-0.4, -0.2) is 49.7 Å². The average Bonchev–Trinajstić information content (AvgIpc) is 2.28. The molecule has 4 nitrogen and oxygen atoms in total. The maximum atomic E-state index is 11.8. The van der Waals surface area contributed by atoms with E-state index in [0.717, 1.165) is 19.4 Å². The maximum Gasteiger partial charge on any atom is 0.326 e. The molecular formula is C13H28N2O2. The second kappa shape index (κ2) is 7.67. The molecule has 17 heavy (non-hydrogen) atoms. The molecule has 0 saturated carbocycles. The Bertz CT molecular complexity index is 231. The number of hydrogen-bond acceptors (Lipinski definition) is 4. The Morgan fingerprint density at radius 1 is 1.47 bits per heavy atom. The smallest absolute Gasteiger partial charge is 0.326 e. The number of carbonyl (C=O) groups excluding carboxylic acids is 1. The highest BCUT2D eigenvalue weighted by Gasteiger charge is 2.32. The number of nitrogens with zero attached hydrogens (tertiary/aromatic N) is 1. The third kappa shape index (κ3) is 5.50. The fourth-order valence-corrected chi connectivity index (χ4v) is 1.56. The minimum absolute atomic E-state index is 0.158. The minimum Gasteiger partial charge on any atom is -0.465 e. The largest absolute Gasteiger partial charge is 0.465 e. The van der Waals surface area contributed by atoms with Gasteiger partial charge < -0.3 is 15.0 Å². The molecule has 0 bridgehead atoms. The molecule has 0 aliphatic heterocycles. The van der Waals surface area contributed by atoms with Crippen LogP contribution in [0, 0.1) is 0 Å². The molecule has 0 rings (SSSR count). The highest BCUT2D eigenvalue weighted by molar-refractivity contribution is 5.80. The first-order valence-corrected chi connectivity index (χ1v) is 6.43. The molecule has 0 amide bonds. The molecule has 0 aromatic rings. The summed E-state index contributed by atoms with van der Waals surface area (Å²) in [4.78, 5) is 14.1. The van der Waals surface area contributed by atoms with Gasteiger partial charge in [-0.3, -0.25) is 4.79 Å². The van der Waals surface area contributed by atoms with Crippen LogP contribution in [0.25, 0.3) is 0 Å². The van der Waals surface area contributed by atoms with Gasteiger partial charge in [0.2, 0.25) is 0 Å². The van der Waals surface area contributed by atoms with E-state index in [4.69, 9.17) is 4.74 Å². The van der Waals surface area contributed by atoms with E-state index in [2.05, 4.69) is 31.1 Å². The molecule has 0 aliphatic rings. The third-order valence-electron chi connectivity index (χ3n) is 3.35. The first-order chi connectivity index (χ1) is 7.87. The van der Waals surface area contributed by atoms with Gasteiger partial charge in [-0.1, -0.05) is 0 Å². The summed E-state index contributed by atoms with van der Waals surface area (Å²) in [5, 5.41) is 3.07. The highest BCUT2D eigenvalue weighted by atomic mass is 16.5. The number of carbonyl (C=O) groups is 1. The van der Waals surface area contributed by atoms with Crippen LogP contribution in [0.1, 0.15) is 40.5 Å². The first-order valence-electron chi connectivity index (χ1n) is 6.43. The van der Waals surface area contributed by atoms with Crippen LogP contribution in [0.5, 0.6) is 0 Å². The molecule has 0 spiro atoms. The van der Waals surface area contributed by atoms with E-state index in [1.165, 1.54) is 0 Å². The Morgan fingerprint density at radius 2 is 2.06 bits per heavy atom. The van der Waals surface area contributed by atoms with Crippen molar-refractivity contribution >= 4 is 5.97 Å². The molecule has 0 fully saturated rings. The van der Waals surface area contributed by atoms with E-state index in [9.17, 15) is 4.79 Å². The Kier molecular flexibility index (Phi) is 7.39. The second-order valence-corrected chi connectivity index (χ2v) is 4.98. The van der Waals surface area contributed by atoms with Crippen molar-refractivity contribution in [2.75, 3.05) is 27.2 Å². The zero-order valence-corrected chi connectivity index (χ0v) is 12.2. The van der Waals surface area contributed by atoms with Crippen LogP contribution in [-0.2, 0) is 9.53 Å². The van der Waals surface area contributed by atoms with Crippen molar-refractivity contribution in [1.82, 2.24) is 10.2 Å². The number of hydrogen-bond donors (Lipinski definition) is 1. The van der Waals surface area contributed by atoms with Gasteiger partial charge in [0.05, 0.1) is 6.61 Å². The molecule has 102 valence electrons. The molecule has 0 radical (unpaired) electrons. The Balaban J connectivity index is 4.16. The summed E-state index contributed by atoms with van der Waals surface area (Å²) >= 11 is 0. The Hall–Kier alpha value is -0.610. The molecule has 0 aromatic carbocycles. The molecule has 0 aromatic heterocycles. The Morgan fingerprint density at radius 3 is 2.47 bits per heavy atom. The van der Waals surface area contributed by atoms with Crippen LogP contribution in [0.4, 0.5) is 0 Å². The minimum atomic E-state index is -0.562. The van der Waals surface area contributed by atoms with Gasteiger partial charge in [-0.2, -0.15) is 0 Å². The monoisotopic (exact) mass is 244 g/mol. The summed E-state index contributed by atoms with van der Waals surface area (Å²) in [5.74, 6) is -0.158. The van der Waals surface area contributed by atoms with Crippen molar-refractivity contribution in [2.24, 2.45) is 0 Å². The molecule has 0 heterocycles. The topological polar surface area (TPSA) is 41.6 Å². The second-order valence-electron chi connectivity index (χ2n) is 4.98. The number of ether oxygens (including phenoxy) is 1. The van der Waals surface area contributed by atoms with Gasteiger partial charge in [0.25, 0.3) is 0 Å². The van der Waals surface area contributed by atoms with E-state index in [-0.39, 0.29) is 5.97 Å². The summed E-state index contributed by atoms with van der Waals surface area (Å²) in [6.07, 6.45) is 1.77. The highest BCUT2D eigenvalue weighted by Crippen LogP contribution is 2.14. The molecule has 0 saturated heterocycles. The molecule has 1 N–H and O–H groups in total. The van der Waals surface area contributed by atoms with Gasteiger partial charge >= 0.3 is 5.97 Å². The van der Waals surface area contributed by atoms with Crippen molar-refractivity contribution in [3.63, 3.8) is 0 Å². The molecule has 4 heteroatoms. The number of esters is 1. The van der Waals surface area contributed by atoms with Gasteiger partial charge in [-0.15, -0.1) is 0 Å². The summed E-state index contributed by atoms with van der Waals surface area (Å²) in [6.45, 7) is 9.50. The summed E-state index contributed by atoms with van der Waals surface area (Å²) in [5.41, 5.74) is -0.562. The predicted molar refractivity (Wildman–Crippen MR) is 71.1 cm³/mol. The van der Waals surface area contributed by atoms with Gasteiger partial charge in [0.1, 0.15) is 5.54 Å². The van der Waals surface area contributed by atoms with E-state index in [1.54, 1.807) is 0 Å². The van der Waals surface area contributed by atoms with Crippen molar-refractivity contribution in [2.45, 2.75) is 52.1 Å². The zero-order valence-electron chi connectivity index (χ0n) is 12.2. The van der Waals surface area contributed by atoms with E-state index in [1.807, 2.05) is 20.9 Å². The number of rotatable bonds is 8. The van der Waals surface area contributed by atoms with E-state index in [0.29, 0.717) is 12.6 Å². The van der Waals surface area contributed by atoms with Crippen molar-refractivity contribution in [3.8, 4) is 0 Å². The van der Waals surface area contributed by atoms with Gasteiger partial charge in [0, 0.05) is 6.04 Å². The van der Waals surface area contributed by atoms with E-state index < -0.39 is 5.54 Å². The zero-order chi connectivity index (χ0) is 13.5. The van der Waals surface area contributed by atoms with Crippen LogP contribution in [0.2, 0.25) is 0 Å². The van der Waals surface area contributed by atoms with E-state index >= 15 is 0 Å². The Labute approximate surface area is 106 Å². The normalized spacial score (nSPS) is 15.1. The quantitative estimate of drug-likeness (QED) is 0.659. The van der Waals surface area contributed by atoms with Crippen LogP contribution in [0.3, 0.4) is 0 Å². The predicted octanol–water partition coefficient (Wildman–Crippen LogP) is 1.65. The third-order valence-corrected chi connectivity index (χ3v) is 3.35. The lowest BCUT2D eigenvalue weighted by Crippen LogP contribution is -2.49. The van der Waals surface area contributed by atoms with Gasteiger partial charge in [0.15, 0.2) is 0 Å². The molecule has 1 unspecified atom stereocenters. The van der Waals surface area contributed by atoms with Gasteiger partial charge in [-0.25, -0.2) is 0 Å². The summed E-state index contributed by atoms with van der Waals surface area (Å²) in [6, 6.07) is 0.540. The number of likely N-dealkylation sites (N-methyl/N-ethyl adjacent to an activating group) is 1. The molecular weight excluding hydrogens is 216 g/mol. The molecule has 0 aliphatic carbocycles. The van der Waals surface area contributed by atoms with Crippen LogP contribution >= 0.6 is 0 Å². The van der Waals surface area contributed by atoms with Crippen molar-refractivity contribution in [3.05, 3.63) is 0 Å². The fourth-order valence-electron chi connectivity index (χ4n) is 1.56. The number of nitrogens with one attached hydrogen (secondary N) is 1. The standard InChI is InChI=1S/C13H28N2O2/c1-7-17-12(16)13(4,14-5)9-8-10-15(6)11(2)3/h11,14H,7-10H2,1-6H3. The average molecular weight is 244 g/mol. The fraction of sp³-hybridized carbons (Fsp3) is 0.923. The summed E-state index contributed by atoms with van der Waals surface area (Å²) in [7, 11) is 3.91. The molecule has 1 atom stereocenters.